The van der Waals surface area contributed by atoms with Gasteiger partial charge in [0.2, 0.25) is 0 Å². The first-order valence-electron chi connectivity index (χ1n) is 13.9. The molecule has 0 bridgehead atoms. The van der Waals surface area contributed by atoms with E-state index in [0.29, 0.717) is 16.7 Å². The van der Waals surface area contributed by atoms with E-state index in [9.17, 15) is 30.3 Å². The fraction of sp³-hybridized carbons (Fsp3) is 0.0263. The van der Waals surface area contributed by atoms with Crippen molar-refractivity contribution in [3.05, 3.63) is 167 Å². The highest BCUT2D eigenvalue weighted by Crippen LogP contribution is 2.52. The molecular weight excluding hydrogens is 552 g/mol. The molecule has 0 aliphatic rings. The summed E-state index contributed by atoms with van der Waals surface area (Å²) in [5.74, 6) is -0.890. The molecule has 6 aromatic carbocycles. The van der Waals surface area contributed by atoms with Gasteiger partial charge in [-0.1, -0.05) is 78.9 Å². The van der Waals surface area contributed by atoms with E-state index in [2.05, 4.69) is 0 Å². The summed E-state index contributed by atoms with van der Waals surface area (Å²) in [5, 5.41) is 52.7. The van der Waals surface area contributed by atoms with Crippen molar-refractivity contribution in [1.29, 1.82) is 0 Å². The molecular formula is C38H28O6. The van der Waals surface area contributed by atoms with Crippen LogP contribution in [0.2, 0.25) is 0 Å². The third-order valence-corrected chi connectivity index (χ3v) is 7.97. The highest BCUT2D eigenvalue weighted by atomic mass is 16.4. The highest BCUT2D eigenvalue weighted by molar-refractivity contribution is 5.88. The Morgan fingerprint density at radius 1 is 0.455 bits per heavy atom. The predicted octanol–water partition coefficient (Wildman–Crippen LogP) is 7.92. The molecule has 6 aromatic rings. The second-order valence-corrected chi connectivity index (χ2v) is 10.6. The zero-order valence-electron chi connectivity index (χ0n) is 23.4. The Morgan fingerprint density at radius 3 is 1.30 bits per heavy atom. The number of carboxylic acids is 1. The van der Waals surface area contributed by atoms with Gasteiger partial charge in [-0.25, -0.2) is 4.79 Å². The Hall–Kier alpha value is -6.01. The number of rotatable bonds is 7. The number of carboxylic acid groups (broad SMARTS) is 1. The fourth-order valence-corrected chi connectivity index (χ4v) is 5.82. The van der Waals surface area contributed by atoms with Crippen LogP contribution in [-0.2, 0) is 5.41 Å². The van der Waals surface area contributed by atoms with E-state index in [-0.39, 0.29) is 28.6 Å². The third kappa shape index (κ3) is 4.99. The monoisotopic (exact) mass is 580 g/mol. The largest absolute Gasteiger partial charge is 0.508 e. The van der Waals surface area contributed by atoms with Crippen LogP contribution < -0.4 is 0 Å². The van der Waals surface area contributed by atoms with Gasteiger partial charge in [-0.3, -0.25) is 0 Å². The molecule has 6 rings (SSSR count). The van der Waals surface area contributed by atoms with Crippen LogP contribution in [0.1, 0.15) is 32.6 Å². The Kier molecular flexibility index (Phi) is 7.25. The van der Waals surface area contributed by atoms with E-state index < -0.39 is 11.4 Å². The molecule has 0 fully saturated rings. The average molecular weight is 581 g/mol. The summed E-state index contributed by atoms with van der Waals surface area (Å²) < 4.78 is 0. The van der Waals surface area contributed by atoms with Gasteiger partial charge in [0.05, 0.1) is 11.0 Å². The molecule has 216 valence electrons. The summed E-state index contributed by atoms with van der Waals surface area (Å²) in [7, 11) is 0. The van der Waals surface area contributed by atoms with Gasteiger partial charge >= 0.3 is 5.97 Å². The molecule has 0 aliphatic carbocycles. The van der Waals surface area contributed by atoms with E-state index in [0.717, 1.165) is 27.8 Å². The van der Waals surface area contributed by atoms with Crippen molar-refractivity contribution in [1.82, 2.24) is 0 Å². The topological polar surface area (TPSA) is 118 Å². The van der Waals surface area contributed by atoms with Gasteiger partial charge in [0.25, 0.3) is 0 Å². The Bertz CT molecular complexity index is 1850. The van der Waals surface area contributed by atoms with E-state index in [4.69, 9.17) is 0 Å². The van der Waals surface area contributed by atoms with Crippen LogP contribution in [-0.4, -0.2) is 31.5 Å². The van der Waals surface area contributed by atoms with Crippen molar-refractivity contribution in [3.8, 4) is 45.3 Å². The van der Waals surface area contributed by atoms with Gasteiger partial charge in [0.1, 0.15) is 23.0 Å². The van der Waals surface area contributed by atoms with Gasteiger partial charge in [-0.15, -0.1) is 0 Å². The fourth-order valence-electron chi connectivity index (χ4n) is 5.82. The number of benzene rings is 6. The van der Waals surface area contributed by atoms with Crippen LogP contribution in [0.25, 0.3) is 22.3 Å². The first-order valence-corrected chi connectivity index (χ1v) is 13.9. The number of hydrogen-bond acceptors (Lipinski definition) is 5. The van der Waals surface area contributed by atoms with Crippen molar-refractivity contribution < 1.29 is 30.3 Å². The van der Waals surface area contributed by atoms with Gasteiger partial charge in [0.15, 0.2) is 0 Å². The molecule has 6 heteroatoms. The second kappa shape index (κ2) is 11.3. The lowest BCUT2D eigenvalue weighted by atomic mass is 9.64. The lowest BCUT2D eigenvalue weighted by Gasteiger charge is -2.38. The zero-order chi connectivity index (χ0) is 30.8. The summed E-state index contributed by atoms with van der Waals surface area (Å²) >= 11 is 0. The summed E-state index contributed by atoms with van der Waals surface area (Å²) in [4.78, 5) is 11.8. The van der Waals surface area contributed by atoms with Crippen molar-refractivity contribution >= 4 is 5.97 Å². The molecule has 0 saturated carbocycles. The van der Waals surface area contributed by atoms with Gasteiger partial charge in [-0.2, -0.15) is 0 Å². The first-order chi connectivity index (χ1) is 21.3. The molecule has 0 heterocycles. The highest BCUT2D eigenvalue weighted by Gasteiger charge is 2.42. The van der Waals surface area contributed by atoms with E-state index in [1.54, 1.807) is 84.9 Å². The Labute approximate surface area is 254 Å². The third-order valence-electron chi connectivity index (χ3n) is 7.97. The normalized spacial score (nSPS) is 11.3. The zero-order valence-corrected chi connectivity index (χ0v) is 23.4. The minimum absolute atomic E-state index is 0.0341. The number of phenols is 4. The molecule has 0 spiro atoms. The summed E-state index contributed by atoms with van der Waals surface area (Å²) in [6, 6.07) is 39.8. The quantitative estimate of drug-likeness (QED) is 0.122. The average Bonchev–Trinajstić information content (AvgIpc) is 3.04. The lowest BCUT2D eigenvalue weighted by Crippen LogP contribution is -2.31. The number of aromatic hydroxyl groups is 4. The van der Waals surface area contributed by atoms with Crippen LogP contribution in [0.3, 0.4) is 0 Å². The van der Waals surface area contributed by atoms with E-state index in [1.807, 2.05) is 42.5 Å². The predicted molar refractivity (Wildman–Crippen MR) is 169 cm³/mol. The maximum Gasteiger partial charge on any atom is 0.335 e. The molecule has 0 unspecified atom stereocenters. The van der Waals surface area contributed by atoms with Crippen LogP contribution in [0.5, 0.6) is 23.0 Å². The SMILES string of the molecule is O=C(O)c1ccc(C(c2ccccc2)(c2cc(-c3ccc(O)cc3)ccc2O)c2cc(-c3ccc(O)cc3)ccc2O)cc1. The van der Waals surface area contributed by atoms with Gasteiger partial charge < -0.3 is 25.5 Å². The van der Waals surface area contributed by atoms with Gasteiger partial charge in [0, 0.05) is 11.1 Å². The maximum absolute atomic E-state index is 11.8. The number of hydrogen-bond donors (Lipinski definition) is 5. The molecule has 0 saturated heterocycles. The molecule has 44 heavy (non-hydrogen) atoms. The van der Waals surface area contributed by atoms with E-state index in [1.165, 1.54) is 12.1 Å². The van der Waals surface area contributed by atoms with E-state index >= 15 is 0 Å². The van der Waals surface area contributed by atoms with Crippen molar-refractivity contribution in [2.24, 2.45) is 0 Å². The van der Waals surface area contributed by atoms with Crippen molar-refractivity contribution in [3.63, 3.8) is 0 Å². The Balaban J connectivity index is 1.73. The first kappa shape index (κ1) is 28.1. The maximum atomic E-state index is 11.8. The molecule has 6 nitrogen and oxygen atoms in total. The molecule has 0 aliphatic heterocycles. The van der Waals surface area contributed by atoms with Crippen LogP contribution in [0.15, 0.2) is 140 Å². The van der Waals surface area contributed by atoms with Crippen LogP contribution in [0.4, 0.5) is 0 Å². The molecule has 0 amide bonds. The standard InChI is InChI=1S/C38H28O6/c39-31-16-8-24(9-17-31)27-12-20-35(41)33(22-27)38(29-4-2-1-3-5-29,30-14-6-26(7-15-30)37(43)44)34-23-28(13-21-36(34)42)25-10-18-32(40)19-11-25/h1-23,39-42H,(H,43,44). The summed E-state index contributed by atoms with van der Waals surface area (Å²) in [5.41, 5.74) is 4.13. The Morgan fingerprint density at radius 2 is 0.864 bits per heavy atom. The number of aromatic carboxylic acids is 1. The lowest BCUT2D eigenvalue weighted by molar-refractivity contribution is 0.0697. The van der Waals surface area contributed by atoms with Crippen molar-refractivity contribution in [2.75, 3.05) is 0 Å². The molecule has 0 atom stereocenters. The molecule has 0 aromatic heterocycles. The van der Waals surface area contributed by atoms with Crippen molar-refractivity contribution in [2.45, 2.75) is 5.41 Å². The number of carbonyl (C=O) groups is 1. The molecule has 0 radical (unpaired) electrons. The summed E-state index contributed by atoms with van der Waals surface area (Å²) in [6.45, 7) is 0. The minimum atomic E-state index is -1.33. The van der Waals surface area contributed by atoms with Crippen LogP contribution in [0, 0.1) is 0 Å². The van der Waals surface area contributed by atoms with Gasteiger partial charge in [-0.05, 0) is 94.0 Å². The number of phenolic OH excluding ortho intramolecular Hbond substituents is 4. The molecule has 5 N–H and O–H groups in total. The minimum Gasteiger partial charge on any atom is -0.508 e. The smallest absolute Gasteiger partial charge is 0.335 e. The van der Waals surface area contributed by atoms with Crippen LogP contribution >= 0.6 is 0 Å². The summed E-state index contributed by atoms with van der Waals surface area (Å²) in [6.07, 6.45) is 0. The second-order valence-electron chi connectivity index (χ2n) is 10.6.